The summed E-state index contributed by atoms with van der Waals surface area (Å²) in [6, 6.07) is 8.50. The molecule has 1 unspecified atom stereocenters. The first-order valence-electron chi connectivity index (χ1n) is 7.09. The average molecular weight is 297 g/mol. The first-order chi connectivity index (χ1) is 9.45. The predicted octanol–water partition coefficient (Wildman–Crippen LogP) is 2.92. The van der Waals surface area contributed by atoms with Gasteiger partial charge < -0.3 is 15.2 Å². The zero-order chi connectivity index (χ0) is 15.0. The maximum absolute atomic E-state index is 10.2. The monoisotopic (exact) mass is 297 g/mol. The molecule has 1 rings (SSSR count). The van der Waals surface area contributed by atoms with E-state index in [0.29, 0.717) is 0 Å². The van der Waals surface area contributed by atoms with Gasteiger partial charge in [0.05, 0.1) is 12.2 Å². The van der Waals surface area contributed by atoms with Crippen LogP contribution in [0.1, 0.15) is 26.3 Å². The Morgan fingerprint density at radius 2 is 1.95 bits per heavy atom. The molecule has 0 aromatic heterocycles. The highest BCUT2D eigenvalue weighted by molar-refractivity contribution is 7.99. The van der Waals surface area contributed by atoms with Crippen molar-refractivity contribution in [3.05, 3.63) is 29.8 Å². The number of methoxy groups -OCH3 is 1. The third kappa shape index (κ3) is 6.27. The molecule has 0 saturated heterocycles. The lowest BCUT2D eigenvalue weighted by Gasteiger charge is -2.27. The molecule has 0 amide bonds. The summed E-state index contributed by atoms with van der Waals surface area (Å²) in [7, 11) is 1.71. The number of hydrogen-bond donors (Lipinski definition) is 2. The van der Waals surface area contributed by atoms with Gasteiger partial charge in [0.1, 0.15) is 0 Å². The van der Waals surface area contributed by atoms with Crippen molar-refractivity contribution in [2.24, 2.45) is 5.92 Å². The molecule has 1 aromatic carbocycles. The van der Waals surface area contributed by atoms with Crippen LogP contribution in [0.5, 0.6) is 0 Å². The summed E-state index contributed by atoms with van der Waals surface area (Å²) < 4.78 is 4.99. The molecule has 1 aromatic rings. The molecule has 0 aliphatic heterocycles. The van der Waals surface area contributed by atoms with Gasteiger partial charge in [-0.2, -0.15) is 0 Å². The number of nitrogens with one attached hydrogen (secondary N) is 1. The Hall–Kier alpha value is -0.550. The maximum Gasteiger partial charge on any atom is 0.0736 e. The standard InChI is InChI=1S/C16H27NO2S/c1-13(2)16(3,18)12-20-15-7-5-14(6-8-15)11-17-9-10-19-4/h5-8,13,17-18H,9-12H2,1-4H3. The minimum Gasteiger partial charge on any atom is -0.389 e. The summed E-state index contributed by atoms with van der Waals surface area (Å²) in [6.45, 7) is 8.46. The van der Waals surface area contributed by atoms with E-state index in [1.54, 1.807) is 18.9 Å². The summed E-state index contributed by atoms with van der Waals surface area (Å²) in [5.41, 5.74) is 0.645. The number of ether oxygens (including phenoxy) is 1. The van der Waals surface area contributed by atoms with E-state index in [4.69, 9.17) is 4.74 Å². The van der Waals surface area contributed by atoms with Crippen molar-refractivity contribution in [2.75, 3.05) is 26.0 Å². The predicted molar refractivity (Wildman–Crippen MR) is 86.2 cm³/mol. The van der Waals surface area contributed by atoms with Crippen LogP contribution in [0.15, 0.2) is 29.2 Å². The van der Waals surface area contributed by atoms with Crippen molar-refractivity contribution in [1.82, 2.24) is 5.32 Å². The molecule has 0 saturated carbocycles. The third-order valence-corrected chi connectivity index (χ3v) is 4.84. The van der Waals surface area contributed by atoms with Gasteiger partial charge in [-0.05, 0) is 30.5 Å². The van der Waals surface area contributed by atoms with Crippen molar-refractivity contribution in [1.29, 1.82) is 0 Å². The molecule has 0 aliphatic rings. The van der Waals surface area contributed by atoms with Gasteiger partial charge in [0.15, 0.2) is 0 Å². The Labute approximate surface area is 127 Å². The maximum atomic E-state index is 10.2. The van der Waals surface area contributed by atoms with Crippen molar-refractivity contribution in [3.8, 4) is 0 Å². The first kappa shape index (κ1) is 17.5. The molecule has 0 spiro atoms. The summed E-state index contributed by atoms with van der Waals surface area (Å²) in [6.07, 6.45) is 0. The van der Waals surface area contributed by atoms with E-state index in [-0.39, 0.29) is 5.92 Å². The lowest BCUT2D eigenvalue weighted by molar-refractivity contribution is 0.0376. The minimum absolute atomic E-state index is 0.263. The highest BCUT2D eigenvalue weighted by Gasteiger charge is 2.24. The Bertz CT molecular complexity index is 377. The smallest absolute Gasteiger partial charge is 0.0736 e. The van der Waals surface area contributed by atoms with Crippen molar-refractivity contribution < 1.29 is 9.84 Å². The summed E-state index contributed by atoms with van der Waals surface area (Å²) in [5, 5.41) is 13.6. The zero-order valence-corrected chi connectivity index (χ0v) is 13.8. The van der Waals surface area contributed by atoms with Crippen LogP contribution >= 0.6 is 11.8 Å². The van der Waals surface area contributed by atoms with Crippen LogP contribution in [0.3, 0.4) is 0 Å². The molecule has 0 bridgehead atoms. The average Bonchev–Trinajstić information content (AvgIpc) is 2.42. The molecule has 3 nitrogen and oxygen atoms in total. The summed E-state index contributed by atoms with van der Waals surface area (Å²) in [4.78, 5) is 1.20. The van der Waals surface area contributed by atoms with Crippen LogP contribution in [0.25, 0.3) is 0 Å². The molecule has 2 N–H and O–H groups in total. The van der Waals surface area contributed by atoms with E-state index in [1.807, 2.05) is 6.92 Å². The molecule has 4 heteroatoms. The van der Waals surface area contributed by atoms with Gasteiger partial charge in [0.2, 0.25) is 0 Å². The van der Waals surface area contributed by atoms with E-state index >= 15 is 0 Å². The molecular formula is C16H27NO2S. The van der Waals surface area contributed by atoms with Crippen LogP contribution in [0, 0.1) is 5.92 Å². The molecule has 114 valence electrons. The fourth-order valence-corrected chi connectivity index (χ4v) is 2.63. The third-order valence-electron chi connectivity index (χ3n) is 3.51. The van der Waals surface area contributed by atoms with Crippen LogP contribution < -0.4 is 5.32 Å². The van der Waals surface area contributed by atoms with Crippen LogP contribution in [0.4, 0.5) is 0 Å². The van der Waals surface area contributed by atoms with E-state index in [9.17, 15) is 5.11 Å². The SMILES string of the molecule is COCCNCc1ccc(SCC(C)(O)C(C)C)cc1. The summed E-state index contributed by atoms with van der Waals surface area (Å²) >= 11 is 1.71. The Morgan fingerprint density at radius 3 is 2.50 bits per heavy atom. The molecule has 0 fully saturated rings. The Balaban J connectivity index is 2.39. The summed E-state index contributed by atoms with van der Waals surface area (Å²) in [5.74, 6) is 0.982. The number of rotatable bonds is 9. The number of benzene rings is 1. The number of thioether (sulfide) groups is 1. The van der Waals surface area contributed by atoms with Crippen LogP contribution in [-0.4, -0.2) is 36.7 Å². The van der Waals surface area contributed by atoms with E-state index in [0.717, 1.165) is 25.4 Å². The van der Waals surface area contributed by atoms with E-state index in [2.05, 4.69) is 43.4 Å². The van der Waals surface area contributed by atoms with Crippen molar-refractivity contribution in [2.45, 2.75) is 37.8 Å². The Kier molecular flexibility index (Phi) is 7.59. The van der Waals surface area contributed by atoms with Crippen LogP contribution in [0.2, 0.25) is 0 Å². The largest absolute Gasteiger partial charge is 0.389 e. The molecule has 0 heterocycles. The van der Waals surface area contributed by atoms with Gasteiger partial charge in [-0.25, -0.2) is 0 Å². The second-order valence-corrected chi connectivity index (χ2v) is 6.66. The number of hydrogen-bond acceptors (Lipinski definition) is 4. The van der Waals surface area contributed by atoms with Gasteiger partial charge in [-0.15, -0.1) is 11.8 Å². The molecule has 0 radical (unpaired) electrons. The van der Waals surface area contributed by atoms with Crippen molar-refractivity contribution in [3.63, 3.8) is 0 Å². The highest BCUT2D eigenvalue weighted by Crippen LogP contribution is 2.27. The van der Waals surface area contributed by atoms with E-state index < -0.39 is 5.60 Å². The van der Waals surface area contributed by atoms with Gasteiger partial charge in [0.25, 0.3) is 0 Å². The minimum atomic E-state index is -0.620. The van der Waals surface area contributed by atoms with Gasteiger partial charge in [0, 0.05) is 30.8 Å². The number of aliphatic hydroxyl groups is 1. The van der Waals surface area contributed by atoms with Gasteiger partial charge in [-0.3, -0.25) is 0 Å². The fraction of sp³-hybridized carbons (Fsp3) is 0.625. The van der Waals surface area contributed by atoms with Crippen LogP contribution in [-0.2, 0) is 11.3 Å². The fourth-order valence-electron chi connectivity index (χ4n) is 1.51. The van der Waals surface area contributed by atoms with Gasteiger partial charge in [-0.1, -0.05) is 26.0 Å². The second-order valence-electron chi connectivity index (χ2n) is 5.61. The van der Waals surface area contributed by atoms with Crippen molar-refractivity contribution >= 4 is 11.8 Å². The first-order valence-corrected chi connectivity index (χ1v) is 8.08. The molecule has 20 heavy (non-hydrogen) atoms. The molecule has 0 aliphatic carbocycles. The molecular weight excluding hydrogens is 270 g/mol. The zero-order valence-electron chi connectivity index (χ0n) is 13.0. The quantitative estimate of drug-likeness (QED) is 0.543. The molecule has 1 atom stereocenters. The normalized spacial score (nSPS) is 14.5. The van der Waals surface area contributed by atoms with E-state index in [1.165, 1.54) is 10.5 Å². The Morgan fingerprint density at radius 1 is 1.30 bits per heavy atom. The van der Waals surface area contributed by atoms with Gasteiger partial charge >= 0.3 is 0 Å². The lowest BCUT2D eigenvalue weighted by Crippen LogP contribution is -2.33. The topological polar surface area (TPSA) is 41.5 Å². The highest BCUT2D eigenvalue weighted by atomic mass is 32.2. The lowest BCUT2D eigenvalue weighted by atomic mass is 9.95. The second kappa shape index (κ2) is 8.67.